The highest BCUT2D eigenvalue weighted by Crippen LogP contribution is 2.17. The molecule has 0 saturated heterocycles. The molecule has 2 aromatic heterocycles. The molecular weight excluding hydrogens is 330 g/mol. The summed E-state index contributed by atoms with van der Waals surface area (Å²) in [6.45, 7) is 5.71. The third kappa shape index (κ3) is 3.62. The van der Waals surface area contributed by atoms with Gasteiger partial charge in [-0.3, -0.25) is 9.48 Å². The fraction of sp³-hybridized carbons (Fsp3) is 0.421. The van der Waals surface area contributed by atoms with Crippen LogP contribution in [0.25, 0.3) is 11.0 Å². The second-order valence-electron chi connectivity index (χ2n) is 6.42. The van der Waals surface area contributed by atoms with Crippen molar-refractivity contribution in [3.05, 3.63) is 47.5 Å². The molecule has 0 aliphatic rings. The number of nitrogens with zero attached hydrogens (tertiary/aromatic N) is 5. The zero-order chi connectivity index (χ0) is 18.7. The Hall–Kier alpha value is -2.67. The van der Waals surface area contributed by atoms with Gasteiger partial charge in [0.25, 0.3) is 0 Å². The molecule has 138 valence electrons. The predicted molar refractivity (Wildman–Crippen MR) is 99.4 cm³/mol. The third-order valence-corrected chi connectivity index (χ3v) is 4.63. The zero-order valence-corrected chi connectivity index (χ0v) is 15.5. The molecule has 26 heavy (non-hydrogen) atoms. The molecule has 1 amide bonds. The highest BCUT2D eigenvalue weighted by molar-refractivity contribution is 5.78. The molecule has 3 aromatic rings. The summed E-state index contributed by atoms with van der Waals surface area (Å²) in [7, 11) is 1.81. The summed E-state index contributed by atoms with van der Waals surface area (Å²) in [5.74, 6) is 0.636. The molecule has 0 aliphatic carbocycles. The maximum atomic E-state index is 12.6. The van der Waals surface area contributed by atoms with Crippen LogP contribution in [0.3, 0.4) is 0 Å². The Morgan fingerprint density at radius 2 is 2.08 bits per heavy atom. The molecule has 2 heterocycles. The summed E-state index contributed by atoms with van der Waals surface area (Å²) in [5.41, 5.74) is 3.79. The Balaban J connectivity index is 1.67. The van der Waals surface area contributed by atoms with Gasteiger partial charge in [0.05, 0.1) is 16.7 Å². The van der Waals surface area contributed by atoms with Gasteiger partial charge in [0.2, 0.25) is 5.91 Å². The minimum absolute atomic E-state index is 0.0512. The number of amides is 1. The Bertz CT molecular complexity index is 912. The average Bonchev–Trinajstić information content (AvgIpc) is 3.19. The van der Waals surface area contributed by atoms with Gasteiger partial charge in [0, 0.05) is 44.9 Å². The number of aliphatic hydroxyl groups excluding tert-OH is 1. The van der Waals surface area contributed by atoms with E-state index in [1.54, 1.807) is 4.90 Å². The van der Waals surface area contributed by atoms with Crippen molar-refractivity contribution in [2.75, 3.05) is 7.05 Å². The monoisotopic (exact) mass is 355 g/mol. The standard InChI is InChI=1S/C19H25N5O2/c1-4-23-12-15(14(2)21-23)11-22(3)19(26)9-10-24-17-8-6-5-7-16(17)20-18(24)13-25/h5-8,12,25H,4,9-11,13H2,1-3H3. The molecule has 0 unspecified atom stereocenters. The Morgan fingerprint density at radius 3 is 2.77 bits per heavy atom. The van der Waals surface area contributed by atoms with Crippen LogP contribution in [-0.4, -0.2) is 42.3 Å². The molecule has 7 nitrogen and oxygen atoms in total. The molecule has 3 rings (SSSR count). The van der Waals surface area contributed by atoms with E-state index in [-0.39, 0.29) is 12.5 Å². The lowest BCUT2D eigenvalue weighted by atomic mass is 10.2. The first kappa shape index (κ1) is 18.1. The number of aryl methyl sites for hydroxylation is 3. The molecule has 1 N–H and O–H groups in total. The minimum Gasteiger partial charge on any atom is -0.388 e. The number of hydrogen-bond acceptors (Lipinski definition) is 4. The van der Waals surface area contributed by atoms with E-state index in [0.717, 1.165) is 28.8 Å². The average molecular weight is 355 g/mol. The smallest absolute Gasteiger partial charge is 0.224 e. The number of aromatic nitrogens is 4. The number of carbonyl (C=O) groups is 1. The van der Waals surface area contributed by atoms with E-state index < -0.39 is 0 Å². The first-order valence-corrected chi connectivity index (χ1v) is 8.85. The van der Waals surface area contributed by atoms with Crippen molar-refractivity contribution in [2.24, 2.45) is 0 Å². The second kappa shape index (κ2) is 7.70. The van der Waals surface area contributed by atoms with Crippen molar-refractivity contribution in [3.8, 4) is 0 Å². The first-order chi connectivity index (χ1) is 12.5. The van der Waals surface area contributed by atoms with Crippen molar-refractivity contribution in [3.63, 3.8) is 0 Å². The normalized spacial score (nSPS) is 11.2. The van der Waals surface area contributed by atoms with Gasteiger partial charge in [-0.1, -0.05) is 12.1 Å². The van der Waals surface area contributed by atoms with Gasteiger partial charge in [0.1, 0.15) is 12.4 Å². The Kier molecular flexibility index (Phi) is 5.37. The van der Waals surface area contributed by atoms with Crippen LogP contribution in [0.5, 0.6) is 0 Å². The molecule has 0 saturated carbocycles. The minimum atomic E-state index is -0.145. The summed E-state index contributed by atoms with van der Waals surface area (Å²) in [5, 5.41) is 14.0. The third-order valence-electron chi connectivity index (χ3n) is 4.63. The molecule has 7 heteroatoms. The van der Waals surface area contributed by atoms with E-state index in [1.807, 2.05) is 60.6 Å². The van der Waals surface area contributed by atoms with E-state index >= 15 is 0 Å². The van der Waals surface area contributed by atoms with Gasteiger partial charge in [-0.15, -0.1) is 0 Å². The number of benzene rings is 1. The number of fused-ring (bicyclic) bond motifs is 1. The Morgan fingerprint density at radius 1 is 1.31 bits per heavy atom. The quantitative estimate of drug-likeness (QED) is 0.704. The van der Waals surface area contributed by atoms with E-state index in [1.165, 1.54) is 0 Å². The predicted octanol–water partition coefficient (Wildman–Crippen LogP) is 2.10. The highest BCUT2D eigenvalue weighted by Gasteiger charge is 2.15. The van der Waals surface area contributed by atoms with Crippen molar-refractivity contribution >= 4 is 16.9 Å². The van der Waals surface area contributed by atoms with E-state index in [4.69, 9.17) is 0 Å². The van der Waals surface area contributed by atoms with Gasteiger partial charge in [0.15, 0.2) is 0 Å². The highest BCUT2D eigenvalue weighted by atomic mass is 16.3. The maximum Gasteiger partial charge on any atom is 0.224 e. The van der Waals surface area contributed by atoms with Crippen LogP contribution < -0.4 is 0 Å². The van der Waals surface area contributed by atoms with Gasteiger partial charge >= 0.3 is 0 Å². The van der Waals surface area contributed by atoms with E-state index in [2.05, 4.69) is 10.1 Å². The van der Waals surface area contributed by atoms with Crippen LogP contribution in [0.1, 0.15) is 30.4 Å². The van der Waals surface area contributed by atoms with Crippen molar-refractivity contribution < 1.29 is 9.90 Å². The van der Waals surface area contributed by atoms with Crippen molar-refractivity contribution in [2.45, 2.75) is 46.5 Å². The van der Waals surface area contributed by atoms with Crippen LogP contribution in [0, 0.1) is 6.92 Å². The SMILES string of the molecule is CCn1cc(CN(C)C(=O)CCn2c(CO)nc3ccccc32)c(C)n1. The second-order valence-corrected chi connectivity index (χ2v) is 6.42. The van der Waals surface area contributed by atoms with Crippen molar-refractivity contribution in [1.29, 1.82) is 0 Å². The van der Waals surface area contributed by atoms with Gasteiger partial charge in [-0.05, 0) is 26.0 Å². The van der Waals surface area contributed by atoms with Crippen LogP contribution in [0.2, 0.25) is 0 Å². The number of carbonyl (C=O) groups excluding carboxylic acids is 1. The van der Waals surface area contributed by atoms with Gasteiger partial charge < -0.3 is 14.6 Å². The molecule has 0 fully saturated rings. The fourth-order valence-electron chi connectivity index (χ4n) is 3.11. The summed E-state index contributed by atoms with van der Waals surface area (Å²) in [6.07, 6.45) is 2.34. The van der Waals surface area contributed by atoms with Crippen LogP contribution in [0.4, 0.5) is 0 Å². The fourth-order valence-corrected chi connectivity index (χ4v) is 3.11. The topological polar surface area (TPSA) is 76.2 Å². The largest absolute Gasteiger partial charge is 0.388 e. The lowest BCUT2D eigenvalue weighted by Gasteiger charge is -2.17. The summed E-state index contributed by atoms with van der Waals surface area (Å²) >= 11 is 0. The zero-order valence-electron chi connectivity index (χ0n) is 15.5. The molecular formula is C19H25N5O2. The van der Waals surface area contributed by atoms with Crippen LogP contribution in [-0.2, 0) is 31.0 Å². The summed E-state index contributed by atoms with van der Waals surface area (Å²) in [6, 6.07) is 7.72. The molecule has 1 aromatic carbocycles. The molecule has 0 atom stereocenters. The van der Waals surface area contributed by atoms with Crippen LogP contribution >= 0.6 is 0 Å². The summed E-state index contributed by atoms with van der Waals surface area (Å²) < 4.78 is 3.80. The van der Waals surface area contributed by atoms with E-state index in [0.29, 0.717) is 25.3 Å². The first-order valence-electron chi connectivity index (χ1n) is 8.85. The molecule has 0 aliphatic heterocycles. The number of para-hydroxylation sites is 2. The number of aliphatic hydroxyl groups is 1. The number of imidazole rings is 1. The molecule has 0 radical (unpaired) electrons. The van der Waals surface area contributed by atoms with E-state index in [9.17, 15) is 9.90 Å². The van der Waals surface area contributed by atoms with Crippen LogP contribution in [0.15, 0.2) is 30.5 Å². The number of hydrogen-bond donors (Lipinski definition) is 1. The lowest BCUT2D eigenvalue weighted by Crippen LogP contribution is -2.27. The molecule has 0 bridgehead atoms. The Labute approximate surface area is 152 Å². The lowest BCUT2D eigenvalue weighted by molar-refractivity contribution is -0.130. The molecule has 0 spiro atoms. The van der Waals surface area contributed by atoms with Crippen molar-refractivity contribution in [1.82, 2.24) is 24.2 Å². The number of rotatable bonds is 7. The maximum absolute atomic E-state index is 12.6. The van der Waals surface area contributed by atoms with Gasteiger partial charge in [-0.2, -0.15) is 5.10 Å². The van der Waals surface area contributed by atoms with Gasteiger partial charge in [-0.25, -0.2) is 4.98 Å². The summed E-state index contributed by atoms with van der Waals surface area (Å²) in [4.78, 5) is 18.7.